The molecule has 102 valence electrons. The molecule has 1 aromatic carbocycles. The Morgan fingerprint density at radius 2 is 2.06 bits per heavy atom. The van der Waals surface area contributed by atoms with Crippen molar-refractivity contribution < 1.29 is 17.9 Å². The molecule has 0 bridgehead atoms. The Labute approximate surface area is 106 Å². The number of aliphatic hydroxyl groups excluding tert-OH is 1. The lowest BCUT2D eigenvalue weighted by Gasteiger charge is -2.20. The van der Waals surface area contributed by atoms with Crippen LogP contribution >= 0.6 is 0 Å². The zero-order valence-corrected chi connectivity index (χ0v) is 11.0. The second-order valence-corrected chi connectivity index (χ2v) is 6.02. The lowest BCUT2D eigenvalue weighted by molar-refractivity contribution is 0.227. The number of nitrogens with two attached hydrogens (primary N) is 1. The van der Waals surface area contributed by atoms with Gasteiger partial charge < -0.3 is 10.8 Å². The molecule has 0 heterocycles. The summed E-state index contributed by atoms with van der Waals surface area (Å²) in [6.45, 7) is 3.18. The molecule has 1 rings (SSSR count). The maximum Gasteiger partial charge on any atom is 0.243 e. The van der Waals surface area contributed by atoms with Crippen LogP contribution in [0.1, 0.15) is 13.8 Å². The fraction of sp³-hybridized carbons (Fsp3) is 0.455. The van der Waals surface area contributed by atoms with Gasteiger partial charge in [-0.1, -0.05) is 13.8 Å². The second kappa shape index (κ2) is 5.64. The van der Waals surface area contributed by atoms with Crippen LogP contribution in [-0.4, -0.2) is 26.2 Å². The normalized spacial score (nSPS) is 13.8. The van der Waals surface area contributed by atoms with Crippen molar-refractivity contribution in [2.24, 2.45) is 5.92 Å². The van der Waals surface area contributed by atoms with Gasteiger partial charge in [0.1, 0.15) is 10.7 Å². The van der Waals surface area contributed by atoms with Gasteiger partial charge in [-0.3, -0.25) is 0 Å². The largest absolute Gasteiger partial charge is 0.398 e. The van der Waals surface area contributed by atoms with Crippen LogP contribution in [0.25, 0.3) is 0 Å². The number of rotatable bonds is 5. The minimum Gasteiger partial charge on any atom is -0.398 e. The number of aliphatic hydroxyl groups is 1. The van der Waals surface area contributed by atoms with E-state index in [1.54, 1.807) is 13.8 Å². The van der Waals surface area contributed by atoms with E-state index in [0.717, 1.165) is 12.1 Å². The fourth-order valence-corrected chi connectivity index (χ4v) is 2.91. The van der Waals surface area contributed by atoms with Crippen molar-refractivity contribution in [3.63, 3.8) is 0 Å². The van der Waals surface area contributed by atoms with Crippen LogP contribution in [0, 0.1) is 11.7 Å². The van der Waals surface area contributed by atoms with Crippen molar-refractivity contribution in [1.29, 1.82) is 0 Å². The first-order valence-electron chi connectivity index (χ1n) is 5.46. The van der Waals surface area contributed by atoms with Gasteiger partial charge in [0.15, 0.2) is 0 Å². The Balaban J connectivity index is 3.10. The highest BCUT2D eigenvalue weighted by Crippen LogP contribution is 2.20. The van der Waals surface area contributed by atoms with E-state index in [1.807, 2.05) is 0 Å². The number of hydrogen-bond acceptors (Lipinski definition) is 4. The molecule has 7 heteroatoms. The molecule has 0 unspecified atom stereocenters. The van der Waals surface area contributed by atoms with Crippen molar-refractivity contribution in [3.05, 3.63) is 24.0 Å². The maximum absolute atomic E-state index is 13.1. The first-order valence-corrected chi connectivity index (χ1v) is 6.94. The van der Waals surface area contributed by atoms with Gasteiger partial charge in [0.25, 0.3) is 0 Å². The Kier molecular flexibility index (Phi) is 4.66. The summed E-state index contributed by atoms with van der Waals surface area (Å²) < 4.78 is 39.4. The van der Waals surface area contributed by atoms with Gasteiger partial charge in [-0.25, -0.2) is 17.5 Å². The molecular formula is C11H17FN2O3S. The topological polar surface area (TPSA) is 92.4 Å². The van der Waals surface area contributed by atoms with Gasteiger partial charge in [-0.2, -0.15) is 0 Å². The van der Waals surface area contributed by atoms with Crippen LogP contribution < -0.4 is 10.5 Å². The van der Waals surface area contributed by atoms with Gasteiger partial charge in [-0.15, -0.1) is 0 Å². The fourth-order valence-electron chi connectivity index (χ4n) is 1.39. The monoisotopic (exact) mass is 276 g/mol. The van der Waals surface area contributed by atoms with Gasteiger partial charge in [-0.05, 0) is 24.1 Å². The molecule has 0 saturated carbocycles. The molecule has 18 heavy (non-hydrogen) atoms. The third kappa shape index (κ3) is 3.41. The molecule has 5 nitrogen and oxygen atoms in total. The second-order valence-electron chi connectivity index (χ2n) is 4.34. The first kappa shape index (κ1) is 14.9. The predicted octanol–water partition coefficient (Wildman–Crippen LogP) is 0.703. The van der Waals surface area contributed by atoms with E-state index in [4.69, 9.17) is 10.8 Å². The van der Waals surface area contributed by atoms with Gasteiger partial charge in [0.05, 0.1) is 12.3 Å². The Hall–Kier alpha value is -1.18. The molecule has 0 amide bonds. The summed E-state index contributed by atoms with van der Waals surface area (Å²) in [5.74, 6) is -0.783. The number of sulfonamides is 1. The van der Waals surface area contributed by atoms with Gasteiger partial charge in [0, 0.05) is 6.04 Å². The summed E-state index contributed by atoms with van der Waals surface area (Å²) in [7, 11) is -3.94. The highest BCUT2D eigenvalue weighted by molar-refractivity contribution is 7.89. The van der Waals surface area contributed by atoms with Crippen molar-refractivity contribution in [2.45, 2.75) is 24.8 Å². The van der Waals surface area contributed by atoms with E-state index in [1.165, 1.54) is 6.07 Å². The van der Waals surface area contributed by atoms with Crippen molar-refractivity contribution in [2.75, 3.05) is 12.3 Å². The third-order valence-electron chi connectivity index (χ3n) is 2.57. The number of nitrogens with one attached hydrogen (secondary N) is 1. The molecule has 1 atom stereocenters. The molecule has 0 radical (unpaired) electrons. The van der Waals surface area contributed by atoms with Crippen molar-refractivity contribution in [1.82, 2.24) is 4.72 Å². The minimum atomic E-state index is -3.94. The maximum atomic E-state index is 13.1. The quantitative estimate of drug-likeness (QED) is 0.690. The number of nitrogen functional groups attached to an aromatic ring is 1. The summed E-state index contributed by atoms with van der Waals surface area (Å²) in [5.41, 5.74) is 5.48. The zero-order valence-electron chi connectivity index (χ0n) is 10.2. The van der Waals surface area contributed by atoms with E-state index >= 15 is 0 Å². The average molecular weight is 276 g/mol. The van der Waals surface area contributed by atoms with E-state index in [-0.39, 0.29) is 23.1 Å². The smallest absolute Gasteiger partial charge is 0.243 e. The number of anilines is 1. The van der Waals surface area contributed by atoms with E-state index in [0.29, 0.717) is 0 Å². The lowest BCUT2D eigenvalue weighted by Crippen LogP contribution is -2.41. The van der Waals surface area contributed by atoms with Crippen LogP contribution in [0.5, 0.6) is 0 Å². The van der Waals surface area contributed by atoms with E-state index in [2.05, 4.69) is 4.72 Å². The highest BCUT2D eigenvalue weighted by Gasteiger charge is 2.24. The summed E-state index contributed by atoms with van der Waals surface area (Å²) in [6, 6.07) is 2.48. The van der Waals surface area contributed by atoms with Crippen LogP contribution in [-0.2, 0) is 10.0 Å². The molecule has 0 aromatic heterocycles. The summed E-state index contributed by atoms with van der Waals surface area (Å²) >= 11 is 0. The minimum absolute atomic E-state index is 0.0376. The number of hydrogen-bond donors (Lipinski definition) is 3. The SMILES string of the molecule is CC(C)[C@@H](CO)NS(=O)(=O)c1cc(F)ccc1N. The molecule has 4 N–H and O–H groups in total. The predicted molar refractivity (Wildman–Crippen MR) is 66.8 cm³/mol. The van der Waals surface area contributed by atoms with Crippen LogP contribution in [0.3, 0.4) is 0 Å². The number of benzene rings is 1. The zero-order chi connectivity index (χ0) is 13.9. The van der Waals surface area contributed by atoms with Crippen LogP contribution in [0.15, 0.2) is 23.1 Å². The molecule has 0 aliphatic rings. The molecular weight excluding hydrogens is 259 g/mol. The molecule has 0 aliphatic carbocycles. The Morgan fingerprint density at radius 3 is 2.56 bits per heavy atom. The van der Waals surface area contributed by atoms with Gasteiger partial charge in [0.2, 0.25) is 10.0 Å². The molecule has 1 aromatic rings. The summed E-state index contributed by atoms with van der Waals surface area (Å²) in [5, 5.41) is 9.10. The Bertz CT molecular complexity index is 517. The van der Waals surface area contributed by atoms with Crippen molar-refractivity contribution in [3.8, 4) is 0 Å². The van der Waals surface area contributed by atoms with E-state index < -0.39 is 21.9 Å². The van der Waals surface area contributed by atoms with Crippen LogP contribution in [0.4, 0.5) is 10.1 Å². The average Bonchev–Trinajstić information content (AvgIpc) is 2.28. The molecule has 0 fully saturated rings. The van der Waals surface area contributed by atoms with Crippen molar-refractivity contribution >= 4 is 15.7 Å². The van der Waals surface area contributed by atoms with Gasteiger partial charge >= 0.3 is 0 Å². The number of halogens is 1. The Morgan fingerprint density at radius 1 is 1.44 bits per heavy atom. The van der Waals surface area contributed by atoms with Crippen LogP contribution in [0.2, 0.25) is 0 Å². The molecule has 0 aliphatic heterocycles. The molecule has 0 saturated heterocycles. The first-order chi connectivity index (χ1) is 8.27. The lowest BCUT2D eigenvalue weighted by atomic mass is 10.1. The standard InChI is InChI=1S/C11H17FN2O3S/c1-7(2)10(6-15)14-18(16,17)11-5-8(12)3-4-9(11)13/h3-5,7,10,14-15H,6,13H2,1-2H3/t10-/m1/s1. The third-order valence-corrected chi connectivity index (χ3v) is 4.12. The highest BCUT2D eigenvalue weighted by atomic mass is 32.2. The summed E-state index contributed by atoms with van der Waals surface area (Å²) in [6.07, 6.45) is 0. The molecule has 0 spiro atoms. The van der Waals surface area contributed by atoms with E-state index in [9.17, 15) is 12.8 Å². The summed E-state index contributed by atoms with van der Waals surface area (Å²) in [4.78, 5) is -0.318.